The van der Waals surface area contributed by atoms with Crippen molar-refractivity contribution in [3.63, 3.8) is 0 Å². The lowest BCUT2D eigenvalue weighted by Gasteiger charge is -2.45. The summed E-state index contributed by atoms with van der Waals surface area (Å²) in [4.78, 5) is 7.79. The van der Waals surface area contributed by atoms with E-state index in [4.69, 9.17) is 4.99 Å². The van der Waals surface area contributed by atoms with Gasteiger partial charge in [0, 0.05) is 11.4 Å². The van der Waals surface area contributed by atoms with Crippen molar-refractivity contribution in [2.45, 2.75) is 11.6 Å². The molecule has 3 heteroatoms. The second-order valence-corrected chi connectivity index (χ2v) is 13.2. The summed E-state index contributed by atoms with van der Waals surface area (Å²) in [5.41, 5.74) is 16.1. The van der Waals surface area contributed by atoms with E-state index in [1.807, 2.05) is 0 Å². The number of allylic oxidation sites excluding steroid dienone is 1. The summed E-state index contributed by atoms with van der Waals surface area (Å²) in [7, 11) is 0. The first-order valence-electron chi connectivity index (χ1n) is 17.3. The Bertz CT molecular complexity index is 2420. The normalized spacial score (nSPS) is 16.3. The zero-order valence-electron chi connectivity index (χ0n) is 27.4. The molecule has 236 valence electrons. The number of benzene rings is 7. The Hall–Kier alpha value is -6.45. The maximum absolute atomic E-state index is 5.37. The maximum atomic E-state index is 5.37. The molecule has 3 nitrogen and oxygen atoms in total. The maximum Gasteiger partial charge on any atom is 0.145 e. The van der Waals surface area contributed by atoms with Crippen LogP contribution in [-0.2, 0) is 5.41 Å². The number of para-hydroxylation sites is 3. The molecule has 2 heterocycles. The summed E-state index contributed by atoms with van der Waals surface area (Å²) in [6, 6.07) is 65.7. The predicted molar refractivity (Wildman–Crippen MR) is 205 cm³/mol. The van der Waals surface area contributed by atoms with Crippen LogP contribution in [0.25, 0.3) is 16.8 Å². The molecule has 0 bridgehead atoms. The first-order chi connectivity index (χ1) is 24.8. The molecule has 0 amide bonds. The molecule has 1 unspecified atom stereocenters. The van der Waals surface area contributed by atoms with Gasteiger partial charge in [-0.25, -0.2) is 0 Å². The summed E-state index contributed by atoms with van der Waals surface area (Å²) in [6.45, 7) is 0. The summed E-state index contributed by atoms with van der Waals surface area (Å²) in [5.74, 6) is 0. The van der Waals surface area contributed by atoms with Crippen LogP contribution in [0.3, 0.4) is 0 Å². The van der Waals surface area contributed by atoms with Gasteiger partial charge in [0.15, 0.2) is 0 Å². The zero-order valence-corrected chi connectivity index (χ0v) is 27.4. The van der Waals surface area contributed by atoms with Crippen molar-refractivity contribution in [3.8, 4) is 11.1 Å². The molecule has 7 aromatic rings. The average Bonchev–Trinajstić information content (AvgIpc) is 3.49. The van der Waals surface area contributed by atoms with Gasteiger partial charge < -0.3 is 10.2 Å². The monoisotopic (exact) mass is 639 g/mol. The second-order valence-electron chi connectivity index (χ2n) is 13.2. The molecule has 0 radical (unpaired) electrons. The highest BCUT2D eigenvalue weighted by Crippen LogP contribution is 2.63. The van der Waals surface area contributed by atoms with Crippen LogP contribution in [0.4, 0.5) is 17.1 Å². The fraction of sp³-hybridized carbons (Fsp3) is 0.0426. The Morgan fingerprint density at radius 3 is 1.70 bits per heavy atom. The Balaban J connectivity index is 1.21. The number of nitrogens with one attached hydrogen (secondary N) is 1. The highest BCUT2D eigenvalue weighted by atomic mass is 15.2. The Morgan fingerprint density at radius 1 is 0.480 bits per heavy atom. The van der Waals surface area contributed by atoms with E-state index in [9.17, 15) is 0 Å². The van der Waals surface area contributed by atoms with E-state index in [-0.39, 0.29) is 6.17 Å². The highest BCUT2D eigenvalue weighted by Gasteiger charge is 2.51. The fourth-order valence-corrected chi connectivity index (χ4v) is 8.39. The van der Waals surface area contributed by atoms with Gasteiger partial charge in [-0.05, 0) is 86.5 Å². The number of hydrogen-bond acceptors (Lipinski definition) is 3. The molecule has 7 aromatic carbocycles. The van der Waals surface area contributed by atoms with Gasteiger partial charge in [0.2, 0.25) is 0 Å². The molecule has 0 saturated carbocycles. The van der Waals surface area contributed by atoms with Crippen molar-refractivity contribution in [1.82, 2.24) is 5.32 Å². The Morgan fingerprint density at radius 2 is 1.02 bits per heavy atom. The van der Waals surface area contributed by atoms with E-state index >= 15 is 0 Å². The van der Waals surface area contributed by atoms with Gasteiger partial charge in [-0.2, -0.15) is 0 Å². The summed E-state index contributed by atoms with van der Waals surface area (Å²) < 4.78 is 0. The van der Waals surface area contributed by atoms with E-state index in [0.717, 1.165) is 33.8 Å². The van der Waals surface area contributed by atoms with Crippen molar-refractivity contribution >= 4 is 28.5 Å². The van der Waals surface area contributed by atoms with Crippen molar-refractivity contribution in [1.29, 1.82) is 0 Å². The number of hydrogen-bond donors (Lipinski definition) is 1. The number of aliphatic imine (C=N–C) groups is 1. The lowest BCUT2D eigenvalue weighted by atomic mass is 9.64. The van der Waals surface area contributed by atoms with Gasteiger partial charge in [0.25, 0.3) is 0 Å². The average molecular weight is 640 g/mol. The van der Waals surface area contributed by atoms with Crippen molar-refractivity contribution in [3.05, 3.63) is 227 Å². The van der Waals surface area contributed by atoms with Gasteiger partial charge in [0.1, 0.15) is 6.17 Å². The summed E-state index contributed by atoms with van der Waals surface area (Å²) >= 11 is 0. The van der Waals surface area contributed by atoms with E-state index in [1.54, 1.807) is 0 Å². The molecule has 1 spiro atoms. The minimum Gasteiger partial charge on any atom is -0.360 e. The van der Waals surface area contributed by atoms with Crippen LogP contribution in [0, 0.1) is 0 Å². The minimum absolute atomic E-state index is 0.272. The Kier molecular flexibility index (Phi) is 6.47. The quantitative estimate of drug-likeness (QED) is 0.207. The number of anilines is 3. The van der Waals surface area contributed by atoms with Crippen molar-refractivity contribution < 1.29 is 0 Å². The summed E-state index contributed by atoms with van der Waals surface area (Å²) in [5, 5.41) is 3.82. The summed E-state index contributed by atoms with van der Waals surface area (Å²) in [6.07, 6.45) is 1.91. The smallest absolute Gasteiger partial charge is 0.145 e. The molecular weight excluding hydrogens is 607 g/mol. The molecule has 0 fully saturated rings. The van der Waals surface area contributed by atoms with E-state index in [1.165, 1.54) is 44.8 Å². The molecule has 0 saturated heterocycles. The molecular formula is C47H33N3. The minimum atomic E-state index is -0.515. The number of rotatable bonds is 4. The third kappa shape index (κ3) is 4.20. The molecule has 1 atom stereocenters. The van der Waals surface area contributed by atoms with E-state index in [0.29, 0.717) is 0 Å². The third-order valence-corrected chi connectivity index (χ3v) is 10.5. The lowest BCUT2D eigenvalue weighted by molar-refractivity contribution is 0.660. The SMILES string of the molecule is C1=C(c2ccccc2)NC(c2ccc3c(c2)C2(c4ccccc4-3)c3ccccc3N(c3ccccc3)c3ccccc32)N=C1c1ccccc1. The van der Waals surface area contributed by atoms with Crippen molar-refractivity contribution in [2.75, 3.05) is 4.90 Å². The van der Waals surface area contributed by atoms with E-state index < -0.39 is 5.41 Å². The molecule has 1 aliphatic carbocycles. The molecule has 50 heavy (non-hydrogen) atoms. The van der Waals surface area contributed by atoms with Crippen LogP contribution in [0.5, 0.6) is 0 Å². The lowest BCUT2D eigenvalue weighted by Crippen LogP contribution is -2.36. The molecule has 1 N–H and O–H groups in total. The fourth-order valence-electron chi connectivity index (χ4n) is 8.39. The largest absolute Gasteiger partial charge is 0.360 e. The van der Waals surface area contributed by atoms with Gasteiger partial charge >= 0.3 is 0 Å². The number of fused-ring (bicyclic) bond motifs is 9. The van der Waals surface area contributed by atoms with Crippen LogP contribution >= 0.6 is 0 Å². The van der Waals surface area contributed by atoms with Crippen LogP contribution in [0.15, 0.2) is 193 Å². The first-order valence-corrected chi connectivity index (χ1v) is 17.3. The van der Waals surface area contributed by atoms with Crippen LogP contribution in [0.1, 0.15) is 45.1 Å². The molecule has 3 aliphatic rings. The predicted octanol–water partition coefficient (Wildman–Crippen LogP) is 11.0. The topological polar surface area (TPSA) is 27.6 Å². The van der Waals surface area contributed by atoms with Gasteiger partial charge in [-0.1, -0.05) is 152 Å². The second kappa shape index (κ2) is 11.3. The van der Waals surface area contributed by atoms with Gasteiger partial charge in [-0.3, -0.25) is 4.99 Å². The molecule has 2 aliphatic heterocycles. The molecule has 0 aromatic heterocycles. The first kappa shape index (κ1) is 28.6. The highest BCUT2D eigenvalue weighted by molar-refractivity contribution is 6.13. The third-order valence-electron chi connectivity index (χ3n) is 10.5. The van der Waals surface area contributed by atoms with Crippen LogP contribution in [0.2, 0.25) is 0 Å². The standard InChI is InChI=1S/C47H33N3/c1-4-16-32(17-5-1)42-31-43(33-18-6-2-7-19-33)49-46(48-42)34-28-29-37-36-22-10-11-23-38(36)47(41(37)30-34)39-24-12-14-26-44(39)50(35-20-8-3-9-21-35)45-27-15-13-25-40(45)47/h1-31,46,48H. The van der Waals surface area contributed by atoms with Crippen LogP contribution in [-0.4, -0.2) is 5.71 Å². The van der Waals surface area contributed by atoms with Gasteiger partial charge in [-0.15, -0.1) is 0 Å². The zero-order chi connectivity index (χ0) is 33.1. The van der Waals surface area contributed by atoms with Gasteiger partial charge in [0.05, 0.1) is 22.5 Å². The van der Waals surface area contributed by atoms with E-state index in [2.05, 4.69) is 198 Å². The molecule has 10 rings (SSSR count). The van der Waals surface area contributed by atoms with Crippen LogP contribution < -0.4 is 10.2 Å². The van der Waals surface area contributed by atoms with Crippen molar-refractivity contribution in [2.24, 2.45) is 4.99 Å². The number of nitrogens with zero attached hydrogens (tertiary/aromatic N) is 2. The Labute approximate surface area is 292 Å².